The molecular weight excluding hydrogens is 248 g/mol. The molecule has 19 heavy (non-hydrogen) atoms. The zero-order valence-corrected chi connectivity index (χ0v) is 11.8. The van der Waals surface area contributed by atoms with E-state index in [4.69, 9.17) is 9.47 Å². The monoisotopic (exact) mass is 266 g/mol. The summed E-state index contributed by atoms with van der Waals surface area (Å²) >= 11 is 0. The Labute approximate surface area is 112 Å². The van der Waals surface area contributed by atoms with E-state index in [0.29, 0.717) is 5.56 Å². The summed E-state index contributed by atoms with van der Waals surface area (Å²) in [6, 6.07) is 5.07. The number of aryl methyl sites for hydroxylation is 1. The molecule has 0 saturated carbocycles. The van der Waals surface area contributed by atoms with Crippen molar-refractivity contribution in [1.29, 1.82) is 0 Å². The topological polar surface area (TPSA) is 59.1 Å². The molecule has 0 heterocycles. The largest absolute Gasteiger partial charge is 0.414 e. The van der Waals surface area contributed by atoms with Crippen LogP contribution in [-0.2, 0) is 0 Å². The van der Waals surface area contributed by atoms with E-state index >= 15 is 0 Å². The maximum Gasteiger partial charge on any atom is 0.414 e. The first kappa shape index (κ1) is 14.8. The van der Waals surface area contributed by atoms with Crippen LogP contribution in [0.5, 0.6) is 11.5 Å². The van der Waals surface area contributed by atoms with E-state index in [9.17, 15) is 9.59 Å². The number of para-hydroxylation sites is 1. The Morgan fingerprint density at radius 1 is 0.947 bits per heavy atom. The van der Waals surface area contributed by atoms with Gasteiger partial charge in [0, 0.05) is 28.2 Å². The van der Waals surface area contributed by atoms with Crippen LogP contribution in [0.25, 0.3) is 0 Å². The third-order valence-corrected chi connectivity index (χ3v) is 2.29. The molecule has 6 nitrogen and oxygen atoms in total. The zero-order valence-electron chi connectivity index (χ0n) is 11.8. The predicted molar refractivity (Wildman–Crippen MR) is 70.6 cm³/mol. The SMILES string of the molecule is Cc1cccc(OC(=O)N(C)C)c1OC(=O)N(C)C. The molecule has 0 N–H and O–H groups in total. The molecule has 0 atom stereocenters. The molecule has 1 rings (SSSR count). The molecule has 0 aliphatic carbocycles. The lowest BCUT2D eigenvalue weighted by molar-refractivity contribution is 0.160. The van der Waals surface area contributed by atoms with Crippen molar-refractivity contribution >= 4 is 12.2 Å². The molecule has 1 aromatic rings. The summed E-state index contributed by atoms with van der Waals surface area (Å²) < 4.78 is 10.4. The minimum absolute atomic E-state index is 0.217. The maximum absolute atomic E-state index is 11.6. The van der Waals surface area contributed by atoms with Crippen LogP contribution >= 0.6 is 0 Å². The molecule has 0 aliphatic rings. The maximum atomic E-state index is 11.6. The second-order valence-corrected chi connectivity index (χ2v) is 4.43. The molecule has 104 valence electrons. The molecule has 6 heteroatoms. The Kier molecular flexibility index (Phi) is 4.74. The first-order valence-corrected chi connectivity index (χ1v) is 5.70. The number of ether oxygens (including phenoxy) is 2. The molecule has 0 fully saturated rings. The summed E-state index contributed by atoms with van der Waals surface area (Å²) in [7, 11) is 6.30. The first-order chi connectivity index (χ1) is 8.82. The van der Waals surface area contributed by atoms with E-state index in [1.54, 1.807) is 53.3 Å². The average Bonchev–Trinajstić information content (AvgIpc) is 2.32. The number of rotatable bonds is 2. The number of hydrogen-bond acceptors (Lipinski definition) is 4. The van der Waals surface area contributed by atoms with Crippen LogP contribution in [-0.4, -0.2) is 50.2 Å². The minimum atomic E-state index is -0.534. The van der Waals surface area contributed by atoms with Crippen molar-refractivity contribution in [3.8, 4) is 11.5 Å². The van der Waals surface area contributed by atoms with Crippen LogP contribution in [0.3, 0.4) is 0 Å². The molecule has 0 unspecified atom stereocenters. The molecule has 0 spiro atoms. The first-order valence-electron chi connectivity index (χ1n) is 5.70. The molecule has 1 aromatic carbocycles. The lowest BCUT2D eigenvalue weighted by atomic mass is 10.2. The Hall–Kier alpha value is -2.24. The van der Waals surface area contributed by atoms with E-state index in [1.165, 1.54) is 9.80 Å². The van der Waals surface area contributed by atoms with Gasteiger partial charge in [-0.25, -0.2) is 9.59 Å². The van der Waals surface area contributed by atoms with Gasteiger partial charge in [0.05, 0.1) is 0 Å². The van der Waals surface area contributed by atoms with Crippen molar-refractivity contribution in [2.24, 2.45) is 0 Å². The minimum Gasteiger partial charge on any atom is -0.406 e. The number of carbonyl (C=O) groups is 2. The van der Waals surface area contributed by atoms with E-state index in [1.807, 2.05) is 0 Å². The Bertz CT molecular complexity index is 484. The van der Waals surface area contributed by atoms with Crippen LogP contribution in [0.2, 0.25) is 0 Å². The highest BCUT2D eigenvalue weighted by Gasteiger charge is 2.17. The number of nitrogens with zero attached hydrogens (tertiary/aromatic N) is 2. The fraction of sp³-hybridized carbons (Fsp3) is 0.385. The fourth-order valence-corrected chi connectivity index (χ4v) is 1.20. The van der Waals surface area contributed by atoms with Crippen molar-refractivity contribution in [1.82, 2.24) is 9.80 Å². The van der Waals surface area contributed by atoms with Crippen molar-refractivity contribution in [3.63, 3.8) is 0 Å². The van der Waals surface area contributed by atoms with Crippen LogP contribution in [0.15, 0.2) is 18.2 Å². The van der Waals surface area contributed by atoms with Crippen LogP contribution in [0, 0.1) is 6.92 Å². The van der Waals surface area contributed by atoms with Crippen molar-refractivity contribution in [3.05, 3.63) is 23.8 Å². The van der Waals surface area contributed by atoms with Gasteiger partial charge in [-0.15, -0.1) is 0 Å². The summed E-state index contributed by atoms with van der Waals surface area (Å²) in [6.07, 6.45) is -1.07. The molecule has 0 aliphatic heterocycles. The third-order valence-electron chi connectivity index (χ3n) is 2.29. The highest BCUT2D eigenvalue weighted by atomic mass is 16.6. The Morgan fingerprint density at radius 3 is 2.00 bits per heavy atom. The van der Waals surface area contributed by atoms with Gasteiger partial charge in [0.25, 0.3) is 0 Å². The van der Waals surface area contributed by atoms with Gasteiger partial charge in [0.15, 0.2) is 11.5 Å². The van der Waals surface area contributed by atoms with Gasteiger partial charge < -0.3 is 19.3 Å². The van der Waals surface area contributed by atoms with E-state index in [2.05, 4.69) is 0 Å². The quantitative estimate of drug-likeness (QED) is 0.822. The fourth-order valence-electron chi connectivity index (χ4n) is 1.20. The van der Waals surface area contributed by atoms with Crippen molar-refractivity contribution in [2.75, 3.05) is 28.2 Å². The van der Waals surface area contributed by atoms with Crippen LogP contribution in [0.1, 0.15) is 5.56 Å². The number of benzene rings is 1. The molecular formula is C13H18N2O4. The van der Waals surface area contributed by atoms with Gasteiger partial charge in [-0.3, -0.25) is 0 Å². The molecule has 0 aromatic heterocycles. The molecule has 2 amide bonds. The highest BCUT2D eigenvalue weighted by Crippen LogP contribution is 2.31. The normalized spacial score (nSPS) is 9.74. The summed E-state index contributed by atoms with van der Waals surface area (Å²) in [5.74, 6) is 0.463. The summed E-state index contributed by atoms with van der Waals surface area (Å²) in [6.45, 7) is 1.77. The molecule has 0 saturated heterocycles. The molecule has 0 radical (unpaired) electrons. The van der Waals surface area contributed by atoms with E-state index in [-0.39, 0.29) is 11.5 Å². The van der Waals surface area contributed by atoms with Gasteiger partial charge in [-0.05, 0) is 18.6 Å². The Balaban J connectivity index is 3.02. The van der Waals surface area contributed by atoms with Crippen molar-refractivity contribution in [2.45, 2.75) is 6.92 Å². The third kappa shape index (κ3) is 3.87. The molecule has 0 bridgehead atoms. The van der Waals surface area contributed by atoms with Crippen LogP contribution < -0.4 is 9.47 Å². The van der Waals surface area contributed by atoms with Gasteiger partial charge in [-0.2, -0.15) is 0 Å². The Morgan fingerprint density at radius 2 is 1.47 bits per heavy atom. The smallest absolute Gasteiger partial charge is 0.406 e. The van der Waals surface area contributed by atoms with E-state index < -0.39 is 12.2 Å². The highest BCUT2D eigenvalue weighted by molar-refractivity contribution is 5.74. The summed E-state index contributed by atoms with van der Waals surface area (Å²) in [4.78, 5) is 25.7. The second kappa shape index (κ2) is 6.08. The zero-order chi connectivity index (χ0) is 14.6. The average molecular weight is 266 g/mol. The van der Waals surface area contributed by atoms with Crippen molar-refractivity contribution < 1.29 is 19.1 Å². The van der Waals surface area contributed by atoms with Crippen LogP contribution in [0.4, 0.5) is 9.59 Å². The lowest BCUT2D eigenvalue weighted by Crippen LogP contribution is -2.27. The predicted octanol–water partition coefficient (Wildman–Crippen LogP) is 2.12. The van der Waals surface area contributed by atoms with Gasteiger partial charge in [-0.1, -0.05) is 12.1 Å². The standard InChI is InChI=1S/C13H18N2O4/c1-9-7-6-8-10(18-12(16)14(2)3)11(9)19-13(17)15(4)5/h6-8H,1-5H3. The summed E-state index contributed by atoms with van der Waals surface area (Å²) in [5, 5.41) is 0. The second-order valence-electron chi connectivity index (χ2n) is 4.43. The number of amides is 2. The van der Waals surface area contributed by atoms with Gasteiger partial charge in [0.2, 0.25) is 0 Å². The van der Waals surface area contributed by atoms with Gasteiger partial charge in [0.1, 0.15) is 0 Å². The number of hydrogen-bond donors (Lipinski definition) is 0. The number of carbonyl (C=O) groups excluding carboxylic acids is 2. The lowest BCUT2D eigenvalue weighted by Gasteiger charge is -2.17. The summed E-state index contributed by atoms with van der Waals surface area (Å²) in [5.41, 5.74) is 0.708. The van der Waals surface area contributed by atoms with Gasteiger partial charge >= 0.3 is 12.2 Å². The van der Waals surface area contributed by atoms with E-state index in [0.717, 1.165) is 0 Å².